The Labute approximate surface area is 114 Å². The molecule has 0 aliphatic carbocycles. The molecule has 0 heterocycles. The van der Waals surface area contributed by atoms with E-state index in [0.29, 0.717) is 11.5 Å². The molecule has 3 nitrogen and oxygen atoms in total. The lowest BCUT2D eigenvalue weighted by Gasteiger charge is -2.10. The number of aliphatic hydroxyl groups excluding tert-OH is 2. The second-order valence-corrected chi connectivity index (χ2v) is 4.63. The smallest absolute Gasteiger partial charge is 0.132 e. The first-order valence-electron chi connectivity index (χ1n) is 5.50. The summed E-state index contributed by atoms with van der Waals surface area (Å²) in [6, 6.07) is 12.7. The highest BCUT2D eigenvalue weighted by Gasteiger charge is 2.05. The third-order valence-corrected chi connectivity index (χ3v) is 3.30. The zero-order chi connectivity index (χ0) is 13.0. The molecule has 0 aromatic heterocycles. The van der Waals surface area contributed by atoms with E-state index in [4.69, 9.17) is 9.84 Å². The Morgan fingerprint density at radius 2 is 1.67 bits per heavy atom. The highest BCUT2D eigenvalue weighted by atomic mass is 79.9. The molecule has 0 spiro atoms. The zero-order valence-corrected chi connectivity index (χ0v) is 11.2. The molecule has 0 bridgehead atoms. The summed E-state index contributed by atoms with van der Waals surface area (Å²) in [6.45, 7) is -0.0832. The largest absolute Gasteiger partial charge is 0.457 e. The number of aliphatic hydroxyl groups is 2. The van der Waals surface area contributed by atoms with Gasteiger partial charge in [0.15, 0.2) is 0 Å². The van der Waals surface area contributed by atoms with E-state index in [0.717, 1.165) is 15.6 Å². The minimum absolute atomic E-state index is 0.0198. The van der Waals surface area contributed by atoms with Gasteiger partial charge in [-0.1, -0.05) is 40.2 Å². The van der Waals surface area contributed by atoms with Crippen LogP contribution in [-0.4, -0.2) is 10.2 Å². The van der Waals surface area contributed by atoms with Gasteiger partial charge in [-0.15, -0.1) is 0 Å². The van der Waals surface area contributed by atoms with Crippen LogP contribution in [0.4, 0.5) is 0 Å². The van der Waals surface area contributed by atoms with E-state index in [1.54, 1.807) is 24.3 Å². The van der Waals surface area contributed by atoms with Gasteiger partial charge in [-0.3, -0.25) is 0 Å². The van der Waals surface area contributed by atoms with Crippen molar-refractivity contribution in [3.63, 3.8) is 0 Å². The minimum atomic E-state index is -0.0634. The Kier molecular flexibility index (Phi) is 4.36. The maximum Gasteiger partial charge on any atom is 0.132 e. The van der Waals surface area contributed by atoms with E-state index >= 15 is 0 Å². The van der Waals surface area contributed by atoms with Crippen molar-refractivity contribution in [1.82, 2.24) is 0 Å². The van der Waals surface area contributed by atoms with Crippen molar-refractivity contribution in [1.29, 1.82) is 0 Å². The maximum atomic E-state index is 9.21. The Hall–Kier alpha value is -1.36. The number of ether oxygens (including phenoxy) is 1. The molecule has 2 aromatic rings. The average molecular weight is 309 g/mol. The van der Waals surface area contributed by atoms with E-state index in [1.165, 1.54) is 0 Å². The van der Waals surface area contributed by atoms with Crippen LogP contribution in [0.1, 0.15) is 11.1 Å². The van der Waals surface area contributed by atoms with Crippen LogP contribution in [0.15, 0.2) is 46.9 Å². The van der Waals surface area contributed by atoms with E-state index in [9.17, 15) is 5.11 Å². The van der Waals surface area contributed by atoms with E-state index < -0.39 is 0 Å². The molecule has 0 fully saturated rings. The maximum absolute atomic E-state index is 9.21. The van der Waals surface area contributed by atoms with Crippen LogP contribution in [0.3, 0.4) is 0 Å². The van der Waals surface area contributed by atoms with Gasteiger partial charge in [-0.2, -0.15) is 0 Å². The first-order chi connectivity index (χ1) is 8.74. The number of hydrogen-bond acceptors (Lipinski definition) is 3. The fourth-order valence-electron chi connectivity index (χ4n) is 1.58. The van der Waals surface area contributed by atoms with Crippen LogP contribution < -0.4 is 4.74 Å². The van der Waals surface area contributed by atoms with E-state index in [2.05, 4.69) is 15.9 Å². The average Bonchev–Trinajstić information content (AvgIpc) is 2.39. The third kappa shape index (κ3) is 2.90. The van der Waals surface area contributed by atoms with Crippen molar-refractivity contribution in [3.8, 4) is 11.5 Å². The minimum Gasteiger partial charge on any atom is -0.457 e. The van der Waals surface area contributed by atoms with Crippen molar-refractivity contribution in [2.75, 3.05) is 0 Å². The van der Waals surface area contributed by atoms with Gasteiger partial charge in [-0.25, -0.2) is 0 Å². The Morgan fingerprint density at radius 1 is 0.944 bits per heavy atom. The topological polar surface area (TPSA) is 49.7 Å². The summed E-state index contributed by atoms with van der Waals surface area (Å²) in [5.41, 5.74) is 1.54. The van der Waals surface area contributed by atoms with Crippen LogP contribution in [0.5, 0.6) is 11.5 Å². The van der Waals surface area contributed by atoms with Gasteiger partial charge < -0.3 is 14.9 Å². The molecule has 0 unspecified atom stereocenters. The highest BCUT2D eigenvalue weighted by Crippen LogP contribution is 2.29. The number of rotatable bonds is 4. The number of benzene rings is 2. The summed E-state index contributed by atoms with van der Waals surface area (Å²) in [7, 11) is 0. The second-order valence-electron chi connectivity index (χ2n) is 3.78. The molecule has 0 aliphatic rings. The number of halogens is 1. The van der Waals surface area contributed by atoms with Crippen molar-refractivity contribution in [2.24, 2.45) is 0 Å². The molecule has 0 saturated carbocycles. The summed E-state index contributed by atoms with van der Waals surface area (Å²) in [4.78, 5) is 0. The van der Waals surface area contributed by atoms with E-state index in [-0.39, 0.29) is 13.2 Å². The summed E-state index contributed by atoms with van der Waals surface area (Å²) in [5.74, 6) is 1.28. The molecule has 0 amide bonds. The summed E-state index contributed by atoms with van der Waals surface area (Å²) >= 11 is 3.37. The fourth-order valence-corrected chi connectivity index (χ4v) is 2.06. The van der Waals surface area contributed by atoms with Gasteiger partial charge in [-0.05, 0) is 23.8 Å². The lowest BCUT2D eigenvalue weighted by Crippen LogP contribution is -1.92. The summed E-state index contributed by atoms with van der Waals surface area (Å²) in [5, 5.41) is 18.3. The molecule has 0 radical (unpaired) electrons. The van der Waals surface area contributed by atoms with Crippen LogP contribution in [0.2, 0.25) is 0 Å². The molecule has 0 saturated heterocycles. The Bertz CT molecular complexity index is 540. The second kappa shape index (κ2) is 6.00. The molecular weight excluding hydrogens is 296 g/mol. The van der Waals surface area contributed by atoms with Gasteiger partial charge in [0.05, 0.1) is 13.2 Å². The summed E-state index contributed by atoms with van der Waals surface area (Å²) in [6.07, 6.45) is 0. The molecule has 0 aliphatic heterocycles. The zero-order valence-electron chi connectivity index (χ0n) is 9.64. The first-order valence-corrected chi connectivity index (χ1v) is 6.30. The van der Waals surface area contributed by atoms with E-state index in [1.807, 2.05) is 18.2 Å². The Balaban J connectivity index is 2.26. The summed E-state index contributed by atoms with van der Waals surface area (Å²) < 4.78 is 6.50. The normalized spacial score (nSPS) is 10.4. The standard InChI is InChI=1S/C14H13BrO3/c15-13-7-12(6-5-10(13)8-16)18-14-4-2-1-3-11(14)9-17/h1-7,16-17H,8-9H2. The van der Waals surface area contributed by atoms with Gasteiger partial charge in [0.25, 0.3) is 0 Å². The molecule has 94 valence electrons. The lowest BCUT2D eigenvalue weighted by atomic mass is 10.2. The first kappa shape index (κ1) is 13.1. The molecule has 0 atom stereocenters. The SMILES string of the molecule is OCc1ccc(Oc2ccccc2CO)cc1Br. The monoisotopic (exact) mass is 308 g/mol. The van der Waals surface area contributed by atoms with Crippen LogP contribution in [0.25, 0.3) is 0 Å². The van der Waals surface area contributed by atoms with Crippen molar-refractivity contribution >= 4 is 15.9 Å². The van der Waals surface area contributed by atoms with Gasteiger partial charge in [0.2, 0.25) is 0 Å². The Morgan fingerprint density at radius 3 is 2.33 bits per heavy atom. The number of hydrogen-bond donors (Lipinski definition) is 2. The predicted octanol–water partition coefficient (Wildman–Crippen LogP) is 3.23. The van der Waals surface area contributed by atoms with Gasteiger partial charge >= 0.3 is 0 Å². The lowest BCUT2D eigenvalue weighted by molar-refractivity contribution is 0.276. The quantitative estimate of drug-likeness (QED) is 0.911. The molecule has 2 aromatic carbocycles. The van der Waals surface area contributed by atoms with Gasteiger partial charge in [0, 0.05) is 10.0 Å². The fraction of sp³-hybridized carbons (Fsp3) is 0.143. The molecule has 4 heteroatoms. The van der Waals surface area contributed by atoms with Crippen LogP contribution in [-0.2, 0) is 13.2 Å². The highest BCUT2D eigenvalue weighted by molar-refractivity contribution is 9.10. The molecule has 2 rings (SSSR count). The van der Waals surface area contributed by atoms with Crippen LogP contribution >= 0.6 is 15.9 Å². The molecule has 2 N–H and O–H groups in total. The molecule has 18 heavy (non-hydrogen) atoms. The van der Waals surface area contributed by atoms with Gasteiger partial charge in [0.1, 0.15) is 11.5 Å². The van der Waals surface area contributed by atoms with Crippen molar-refractivity contribution < 1.29 is 14.9 Å². The third-order valence-electron chi connectivity index (χ3n) is 2.57. The number of para-hydroxylation sites is 1. The molecular formula is C14H13BrO3. The van der Waals surface area contributed by atoms with Crippen LogP contribution in [0, 0.1) is 0 Å². The van der Waals surface area contributed by atoms with Crippen molar-refractivity contribution in [3.05, 3.63) is 58.1 Å². The van der Waals surface area contributed by atoms with Crippen molar-refractivity contribution in [2.45, 2.75) is 13.2 Å². The predicted molar refractivity (Wildman–Crippen MR) is 72.5 cm³/mol.